The minimum Gasteiger partial charge on any atom is -0.349 e. The highest BCUT2D eigenvalue weighted by atomic mass is 16.2. The normalized spacial score (nSPS) is 12.1. The molecule has 7 heteroatoms. The van der Waals surface area contributed by atoms with Crippen LogP contribution in [0, 0.1) is 12.8 Å². The summed E-state index contributed by atoms with van der Waals surface area (Å²) < 4.78 is 0. The van der Waals surface area contributed by atoms with Gasteiger partial charge in [-0.3, -0.25) is 9.59 Å². The van der Waals surface area contributed by atoms with E-state index in [1.807, 2.05) is 13.8 Å². The molecule has 1 aromatic heterocycles. The maximum atomic E-state index is 11.6. The molecule has 0 radical (unpaired) electrons. The summed E-state index contributed by atoms with van der Waals surface area (Å²) in [6.07, 6.45) is 1.63. The second kappa shape index (κ2) is 7.54. The zero-order chi connectivity index (χ0) is 15.1. The minimum absolute atomic E-state index is 0.0297. The monoisotopic (exact) mass is 279 g/mol. The van der Waals surface area contributed by atoms with Gasteiger partial charge in [0.2, 0.25) is 11.8 Å². The van der Waals surface area contributed by atoms with Crippen LogP contribution in [0.5, 0.6) is 0 Å². The number of hydrogen-bond acceptors (Lipinski definition) is 5. The maximum absolute atomic E-state index is 11.6. The molecule has 0 aromatic carbocycles. The van der Waals surface area contributed by atoms with Crippen LogP contribution in [0.2, 0.25) is 0 Å². The topological polar surface area (TPSA) is 110 Å². The number of hydrogen-bond donors (Lipinski definition) is 3. The highest BCUT2D eigenvalue weighted by Crippen LogP contribution is 1.97. The molecule has 0 unspecified atom stereocenters. The van der Waals surface area contributed by atoms with E-state index in [9.17, 15) is 9.59 Å². The fraction of sp³-hybridized carbons (Fsp3) is 0.538. The fourth-order valence-electron chi connectivity index (χ4n) is 1.44. The van der Waals surface area contributed by atoms with Crippen molar-refractivity contribution in [1.82, 2.24) is 20.6 Å². The molecule has 2 amide bonds. The van der Waals surface area contributed by atoms with Gasteiger partial charge in [-0.15, -0.1) is 0 Å². The lowest BCUT2D eigenvalue weighted by molar-refractivity contribution is -0.127. The van der Waals surface area contributed by atoms with Gasteiger partial charge in [-0.25, -0.2) is 9.97 Å². The molecule has 0 saturated heterocycles. The Morgan fingerprint density at radius 3 is 2.65 bits per heavy atom. The maximum Gasteiger partial charge on any atom is 0.239 e. The molecule has 110 valence electrons. The third-order valence-corrected chi connectivity index (χ3v) is 2.74. The Hall–Kier alpha value is -2.02. The zero-order valence-corrected chi connectivity index (χ0v) is 12.0. The Morgan fingerprint density at radius 2 is 2.05 bits per heavy atom. The summed E-state index contributed by atoms with van der Waals surface area (Å²) in [4.78, 5) is 31.3. The van der Waals surface area contributed by atoms with Crippen molar-refractivity contribution in [2.75, 3.05) is 6.54 Å². The molecule has 0 bridgehead atoms. The van der Waals surface area contributed by atoms with E-state index in [4.69, 9.17) is 5.73 Å². The summed E-state index contributed by atoms with van der Waals surface area (Å²) in [6.45, 7) is 5.68. The summed E-state index contributed by atoms with van der Waals surface area (Å²) in [5.74, 6) is 0.0635. The summed E-state index contributed by atoms with van der Waals surface area (Å²) >= 11 is 0. The molecular formula is C13H21N5O2. The van der Waals surface area contributed by atoms with E-state index in [1.165, 1.54) is 0 Å². The van der Waals surface area contributed by atoms with Gasteiger partial charge in [-0.1, -0.05) is 13.8 Å². The first-order valence-corrected chi connectivity index (χ1v) is 6.48. The van der Waals surface area contributed by atoms with Crippen LogP contribution in [-0.4, -0.2) is 34.4 Å². The van der Waals surface area contributed by atoms with Crippen molar-refractivity contribution in [3.63, 3.8) is 0 Å². The number of amides is 2. The number of carbonyl (C=O) groups is 2. The van der Waals surface area contributed by atoms with Crippen molar-refractivity contribution in [3.05, 3.63) is 23.8 Å². The van der Waals surface area contributed by atoms with Gasteiger partial charge >= 0.3 is 0 Å². The lowest BCUT2D eigenvalue weighted by Crippen LogP contribution is -2.47. The number of aromatic nitrogens is 2. The van der Waals surface area contributed by atoms with E-state index >= 15 is 0 Å². The van der Waals surface area contributed by atoms with Crippen molar-refractivity contribution in [1.29, 1.82) is 0 Å². The summed E-state index contributed by atoms with van der Waals surface area (Å²) in [5.41, 5.74) is 6.39. The van der Waals surface area contributed by atoms with E-state index in [-0.39, 0.29) is 24.3 Å². The zero-order valence-electron chi connectivity index (χ0n) is 12.0. The molecule has 1 aromatic rings. The third kappa shape index (κ3) is 5.31. The number of nitrogens with zero attached hydrogens (tertiary/aromatic N) is 2. The van der Waals surface area contributed by atoms with Gasteiger partial charge in [0, 0.05) is 6.20 Å². The number of nitrogens with one attached hydrogen (secondary N) is 2. The van der Waals surface area contributed by atoms with Crippen molar-refractivity contribution >= 4 is 11.8 Å². The summed E-state index contributed by atoms with van der Waals surface area (Å²) in [5, 5.41) is 5.17. The van der Waals surface area contributed by atoms with Crippen LogP contribution in [0.4, 0.5) is 0 Å². The molecule has 0 aliphatic carbocycles. The predicted molar refractivity (Wildman–Crippen MR) is 74.4 cm³/mol. The average molecular weight is 279 g/mol. The molecule has 1 rings (SSSR count). The molecule has 0 aliphatic rings. The van der Waals surface area contributed by atoms with Crippen LogP contribution >= 0.6 is 0 Å². The Labute approximate surface area is 118 Å². The van der Waals surface area contributed by atoms with Crippen molar-refractivity contribution in [2.45, 2.75) is 33.4 Å². The number of aryl methyl sites for hydroxylation is 1. The van der Waals surface area contributed by atoms with E-state index in [2.05, 4.69) is 20.6 Å². The van der Waals surface area contributed by atoms with E-state index < -0.39 is 6.04 Å². The fourth-order valence-corrected chi connectivity index (χ4v) is 1.44. The SMILES string of the molecule is Cc1nccc(CNC(=O)CNC(=O)[C@@H](N)C(C)C)n1. The number of carbonyl (C=O) groups excluding carboxylic acids is 2. The lowest BCUT2D eigenvalue weighted by atomic mass is 10.1. The Morgan fingerprint density at radius 1 is 1.35 bits per heavy atom. The molecule has 20 heavy (non-hydrogen) atoms. The highest BCUT2D eigenvalue weighted by Gasteiger charge is 2.17. The Balaban J connectivity index is 2.32. The van der Waals surface area contributed by atoms with E-state index in [0.29, 0.717) is 12.4 Å². The second-order valence-corrected chi connectivity index (χ2v) is 4.86. The first kappa shape index (κ1) is 16.0. The largest absolute Gasteiger partial charge is 0.349 e. The van der Waals surface area contributed by atoms with Gasteiger partial charge in [0.15, 0.2) is 0 Å². The molecule has 1 heterocycles. The predicted octanol–water partition coefficient (Wildman–Crippen LogP) is -0.499. The summed E-state index contributed by atoms with van der Waals surface area (Å²) in [6, 6.07) is 1.12. The van der Waals surface area contributed by atoms with Crippen molar-refractivity contribution < 1.29 is 9.59 Å². The quantitative estimate of drug-likeness (QED) is 0.650. The van der Waals surface area contributed by atoms with Crippen LogP contribution in [0.25, 0.3) is 0 Å². The molecule has 7 nitrogen and oxygen atoms in total. The first-order valence-electron chi connectivity index (χ1n) is 6.48. The third-order valence-electron chi connectivity index (χ3n) is 2.74. The highest BCUT2D eigenvalue weighted by molar-refractivity contribution is 5.87. The van der Waals surface area contributed by atoms with Gasteiger partial charge < -0.3 is 16.4 Å². The van der Waals surface area contributed by atoms with Crippen molar-refractivity contribution in [2.24, 2.45) is 11.7 Å². The molecular weight excluding hydrogens is 258 g/mol. The van der Waals surface area contributed by atoms with Crippen LogP contribution in [0.3, 0.4) is 0 Å². The first-order chi connectivity index (χ1) is 9.40. The van der Waals surface area contributed by atoms with E-state index in [0.717, 1.165) is 5.69 Å². The molecule has 0 saturated carbocycles. The molecule has 1 atom stereocenters. The minimum atomic E-state index is -0.604. The van der Waals surface area contributed by atoms with Gasteiger partial charge in [0.05, 0.1) is 24.8 Å². The smallest absolute Gasteiger partial charge is 0.239 e. The summed E-state index contributed by atoms with van der Waals surface area (Å²) in [7, 11) is 0. The van der Waals surface area contributed by atoms with Crippen LogP contribution in [-0.2, 0) is 16.1 Å². The Kier molecular flexibility index (Phi) is 6.05. The number of nitrogens with two attached hydrogens (primary N) is 1. The second-order valence-electron chi connectivity index (χ2n) is 4.86. The van der Waals surface area contributed by atoms with Crippen LogP contribution < -0.4 is 16.4 Å². The average Bonchev–Trinajstić information content (AvgIpc) is 2.41. The molecule has 0 spiro atoms. The molecule has 0 aliphatic heterocycles. The molecule has 4 N–H and O–H groups in total. The van der Waals surface area contributed by atoms with Gasteiger partial charge in [0.1, 0.15) is 5.82 Å². The van der Waals surface area contributed by atoms with Crippen LogP contribution in [0.1, 0.15) is 25.4 Å². The Bertz CT molecular complexity index is 476. The van der Waals surface area contributed by atoms with Crippen molar-refractivity contribution in [3.8, 4) is 0 Å². The van der Waals surface area contributed by atoms with Crippen LogP contribution in [0.15, 0.2) is 12.3 Å². The number of rotatable bonds is 6. The van der Waals surface area contributed by atoms with Gasteiger partial charge in [0.25, 0.3) is 0 Å². The van der Waals surface area contributed by atoms with E-state index in [1.54, 1.807) is 19.2 Å². The lowest BCUT2D eigenvalue weighted by Gasteiger charge is -2.15. The molecule has 0 fully saturated rings. The standard InChI is InChI=1S/C13H21N5O2/c1-8(2)12(14)13(20)17-7-11(19)16-6-10-4-5-15-9(3)18-10/h4-5,8,12H,6-7,14H2,1-3H3,(H,16,19)(H,17,20)/t12-/m0/s1. The van der Waals surface area contributed by atoms with Gasteiger partial charge in [-0.2, -0.15) is 0 Å². The van der Waals surface area contributed by atoms with Gasteiger partial charge in [-0.05, 0) is 18.9 Å².